The van der Waals surface area contributed by atoms with Crippen LogP contribution in [0, 0.1) is 0 Å². The molecule has 1 fully saturated rings. The van der Waals surface area contributed by atoms with E-state index in [1.54, 1.807) is 12.1 Å². The molecule has 2 aromatic rings. The molecule has 2 aromatic carbocycles. The monoisotopic (exact) mass is 403 g/mol. The number of ether oxygens (including phenoxy) is 1. The lowest BCUT2D eigenvalue weighted by Gasteiger charge is -2.25. The van der Waals surface area contributed by atoms with Crippen molar-refractivity contribution < 1.29 is 19.4 Å². The molecule has 1 atom stereocenters. The Balaban J connectivity index is 1.70. The van der Waals surface area contributed by atoms with E-state index in [4.69, 9.17) is 4.74 Å². The molecule has 25 heavy (non-hydrogen) atoms. The highest BCUT2D eigenvalue weighted by molar-refractivity contribution is 9.10. The average molecular weight is 404 g/mol. The number of carboxylic acid groups (broad SMARTS) is 1. The number of aliphatic carboxylic acids is 1. The highest BCUT2D eigenvalue weighted by Gasteiger charge is 2.48. The van der Waals surface area contributed by atoms with E-state index in [-0.39, 0.29) is 13.2 Å². The van der Waals surface area contributed by atoms with Crippen LogP contribution in [0.15, 0.2) is 59.1 Å². The van der Waals surface area contributed by atoms with Gasteiger partial charge in [-0.15, -0.1) is 0 Å². The van der Waals surface area contributed by atoms with Crippen LogP contribution in [-0.4, -0.2) is 35.2 Å². The van der Waals surface area contributed by atoms with Crippen molar-refractivity contribution in [2.24, 2.45) is 0 Å². The molecule has 1 heterocycles. The zero-order chi connectivity index (χ0) is 17.9. The first-order valence-electron chi connectivity index (χ1n) is 7.96. The van der Waals surface area contributed by atoms with Gasteiger partial charge in [-0.2, -0.15) is 0 Å². The summed E-state index contributed by atoms with van der Waals surface area (Å²) in [5.41, 5.74) is 0.501. The van der Waals surface area contributed by atoms with E-state index in [9.17, 15) is 14.7 Å². The largest absolute Gasteiger partial charge is 0.481 e. The summed E-state index contributed by atoms with van der Waals surface area (Å²) in [4.78, 5) is 25.8. The number of benzene rings is 2. The van der Waals surface area contributed by atoms with Gasteiger partial charge in [0.05, 0.1) is 0 Å². The Bertz CT molecular complexity index is 763. The number of nitrogens with zero attached hydrogens (tertiary/aromatic N) is 1. The molecule has 6 heteroatoms. The molecule has 3 rings (SSSR count). The molecule has 0 saturated carbocycles. The van der Waals surface area contributed by atoms with Gasteiger partial charge in [-0.1, -0.05) is 58.4 Å². The van der Waals surface area contributed by atoms with Gasteiger partial charge < -0.3 is 14.7 Å². The molecule has 1 aliphatic heterocycles. The van der Waals surface area contributed by atoms with Crippen LogP contribution in [0.3, 0.4) is 0 Å². The maximum Gasteiger partial charge on any atom is 0.410 e. The van der Waals surface area contributed by atoms with Crippen molar-refractivity contribution in [3.8, 4) is 0 Å². The first-order valence-corrected chi connectivity index (χ1v) is 8.76. The van der Waals surface area contributed by atoms with Crippen molar-refractivity contribution in [3.05, 3.63) is 70.2 Å². The molecule has 130 valence electrons. The topological polar surface area (TPSA) is 66.8 Å². The van der Waals surface area contributed by atoms with Gasteiger partial charge in [-0.25, -0.2) is 4.79 Å². The maximum atomic E-state index is 12.3. The summed E-state index contributed by atoms with van der Waals surface area (Å²) < 4.78 is 6.21. The molecule has 1 amide bonds. The van der Waals surface area contributed by atoms with E-state index in [1.807, 2.05) is 42.5 Å². The van der Waals surface area contributed by atoms with E-state index in [0.29, 0.717) is 18.5 Å². The molecular formula is C19H18BrNO4. The number of hydrogen-bond acceptors (Lipinski definition) is 3. The second-order valence-corrected chi connectivity index (χ2v) is 7.02. The molecular weight excluding hydrogens is 386 g/mol. The summed E-state index contributed by atoms with van der Waals surface area (Å²) >= 11 is 3.35. The third-order valence-corrected chi connectivity index (χ3v) is 5.07. The van der Waals surface area contributed by atoms with Gasteiger partial charge >= 0.3 is 12.1 Å². The van der Waals surface area contributed by atoms with Crippen molar-refractivity contribution in [2.75, 3.05) is 13.1 Å². The summed E-state index contributed by atoms with van der Waals surface area (Å²) in [6, 6.07) is 16.6. The summed E-state index contributed by atoms with van der Waals surface area (Å²) in [6.07, 6.45) is -0.117. The Morgan fingerprint density at radius 1 is 1.12 bits per heavy atom. The van der Waals surface area contributed by atoms with Gasteiger partial charge in [-0.05, 0) is 29.7 Å². The smallest absolute Gasteiger partial charge is 0.410 e. The number of likely N-dealkylation sites (tertiary alicyclic amines) is 1. The summed E-state index contributed by atoms with van der Waals surface area (Å²) in [7, 11) is 0. The highest BCUT2D eigenvalue weighted by Crippen LogP contribution is 2.36. The molecule has 1 unspecified atom stereocenters. The van der Waals surface area contributed by atoms with Crippen LogP contribution in [0.4, 0.5) is 4.79 Å². The Morgan fingerprint density at radius 2 is 1.80 bits per heavy atom. The van der Waals surface area contributed by atoms with Gasteiger partial charge in [0.1, 0.15) is 12.0 Å². The fraction of sp³-hybridized carbons (Fsp3) is 0.263. The fourth-order valence-corrected chi connectivity index (χ4v) is 3.34. The molecule has 0 spiro atoms. The van der Waals surface area contributed by atoms with Gasteiger partial charge in [0.2, 0.25) is 0 Å². The molecule has 1 aliphatic rings. The Kier molecular flexibility index (Phi) is 5.08. The summed E-state index contributed by atoms with van der Waals surface area (Å²) in [5.74, 6) is -0.923. The Hall–Kier alpha value is -2.34. The first kappa shape index (κ1) is 17.5. The second-order valence-electron chi connectivity index (χ2n) is 6.11. The lowest BCUT2D eigenvalue weighted by atomic mass is 9.80. The van der Waals surface area contributed by atoms with Gasteiger partial charge in [0, 0.05) is 17.6 Å². The maximum absolute atomic E-state index is 12.3. The highest BCUT2D eigenvalue weighted by atomic mass is 79.9. The van der Waals surface area contributed by atoms with Crippen LogP contribution < -0.4 is 0 Å². The molecule has 1 N–H and O–H groups in total. The average Bonchev–Trinajstić information content (AvgIpc) is 3.08. The van der Waals surface area contributed by atoms with Crippen LogP contribution in [0.1, 0.15) is 17.5 Å². The number of halogens is 1. The molecule has 0 bridgehead atoms. The van der Waals surface area contributed by atoms with E-state index < -0.39 is 17.5 Å². The van der Waals surface area contributed by atoms with E-state index in [2.05, 4.69) is 15.9 Å². The third-order valence-electron chi connectivity index (χ3n) is 4.54. The minimum atomic E-state index is -1.09. The predicted octanol–water partition coefficient (Wildman–Crippen LogP) is 3.81. The molecule has 1 saturated heterocycles. The van der Waals surface area contributed by atoms with Crippen LogP contribution >= 0.6 is 15.9 Å². The van der Waals surface area contributed by atoms with Crippen molar-refractivity contribution in [2.45, 2.75) is 18.4 Å². The standard InChI is InChI=1S/C19H18BrNO4/c20-16-8-6-15(7-9-16)19(17(22)23)10-11-21(13-19)18(24)25-12-14-4-2-1-3-5-14/h1-9H,10-13H2,(H,22,23). The normalized spacial score (nSPS) is 19.6. The van der Waals surface area contributed by atoms with E-state index in [1.165, 1.54) is 4.90 Å². The number of hydrogen-bond donors (Lipinski definition) is 1. The van der Waals surface area contributed by atoms with E-state index in [0.717, 1.165) is 10.0 Å². The Labute approximate surface area is 154 Å². The predicted molar refractivity (Wildman–Crippen MR) is 96.3 cm³/mol. The first-order chi connectivity index (χ1) is 12.0. The molecule has 0 aromatic heterocycles. The molecule has 0 aliphatic carbocycles. The lowest BCUT2D eigenvalue weighted by molar-refractivity contribution is -0.143. The number of carboxylic acids is 1. The van der Waals surface area contributed by atoms with Crippen LogP contribution in [0.5, 0.6) is 0 Å². The van der Waals surface area contributed by atoms with Gasteiger partial charge in [-0.3, -0.25) is 4.79 Å². The zero-order valence-electron chi connectivity index (χ0n) is 13.5. The minimum Gasteiger partial charge on any atom is -0.481 e. The van der Waals surface area contributed by atoms with Crippen molar-refractivity contribution in [3.63, 3.8) is 0 Å². The van der Waals surface area contributed by atoms with Crippen molar-refractivity contribution in [1.82, 2.24) is 4.90 Å². The fourth-order valence-electron chi connectivity index (χ4n) is 3.08. The lowest BCUT2D eigenvalue weighted by Crippen LogP contribution is -2.40. The van der Waals surface area contributed by atoms with Crippen LogP contribution in [-0.2, 0) is 21.6 Å². The number of carbonyl (C=O) groups excluding carboxylic acids is 1. The van der Waals surface area contributed by atoms with Crippen LogP contribution in [0.2, 0.25) is 0 Å². The third kappa shape index (κ3) is 3.69. The van der Waals surface area contributed by atoms with Crippen molar-refractivity contribution in [1.29, 1.82) is 0 Å². The van der Waals surface area contributed by atoms with Gasteiger partial charge in [0.15, 0.2) is 0 Å². The van der Waals surface area contributed by atoms with Gasteiger partial charge in [0.25, 0.3) is 0 Å². The zero-order valence-corrected chi connectivity index (χ0v) is 15.1. The molecule has 0 radical (unpaired) electrons. The second kappa shape index (κ2) is 7.27. The minimum absolute atomic E-state index is 0.109. The summed E-state index contributed by atoms with van der Waals surface area (Å²) in [6.45, 7) is 0.641. The quantitative estimate of drug-likeness (QED) is 0.842. The van der Waals surface area contributed by atoms with E-state index >= 15 is 0 Å². The number of carbonyl (C=O) groups is 2. The Morgan fingerprint density at radius 3 is 2.44 bits per heavy atom. The number of rotatable bonds is 4. The SMILES string of the molecule is O=C(OCc1ccccc1)N1CCC(C(=O)O)(c2ccc(Br)cc2)C1. The van der Waals surface area contributed by atoms with Crippen molar-refractivity contribution >= 4 is 28.0 Å². The molecule has 5 nitrogen and oxygen atoms in total. The van der Waals surface area contributed by atoms with Crippen LogP contribution in [0.25, 0.3) is 0 Å². The summed E-state index contributed by atoms with van der Waals surface area (Å²) in [5, 5.41) is 9.80. The number of amides is 1.